The number of aliphatic hydroxyl groups is 1. The fraction of sp³-hybridized carbons (Fsp3) is 0.556. The van der Waals surface area contributed by atoms with Crippen LogP contribution in [-0.4, -0.2) is 47.2 Å². The molecule has 1 aliphatic carbocycles. The maximum atomic E-state index is 12.7. The van der Waals surface area contributed by atoms with Crippen molar-refractivity contribution >= 4 is 11.9 Å². The Labute approximate surface area is 193 Å². The first-order valence-corrected chi connectivity index (χ1v) is 11.6. The summed E-state index contributed by atoms with van der Waals surface area (Å²) in [6.07, 6.45) is 14.9. The van der Waals surface area contributed by atoms with Crippen LogP contribution in [-0.2, 0) is 14.3 Å². The molecule has 0 aromatic heterocycles. The van der Waals surface area contributed by atoms with Gasteiger partial charge in [0.05, 0.1) is 12.7 Å². The number of ether oxygens (including phenoxy) is 1. The Morgan fingerprint density at radius 3 is 2.59 bits per heavy atom. The van der Waals surface area contributed by atoms with Gasteiger partial charge < -0.3 is 14.7 Å². The van der Waals surface area contributed by atoms with Gasteiger partial charge >= 0.3 is 5.97 Å². The average Bonchev–Trinajstić information content (AvgIpc) is 3.09. The van der Waals surface area contributed by atoms with Crippen LogP contribution >= 0.6 is 0 Å². The van der Waals surface area contributed by atoms with Crippen LogP contribution in [0.25, 0.3) is 0 Å². The van der Waals surface area contributed by atoms with E-state index in [0.717, 1.165) is 11.1 Å². The zero-order chi connectivity index (χ0) is 23.9. The molecule has 176 valence electrons. The van der Waals surface area contributed by atoms with E-state index in [1.54, 1.807) is 6.92 Å². The predicted molar refractivity (Wildman–Crippen MR) is 129 cm³/mol. The van der Waals surface area contributed by atoms with Gasteiger partial charge in [0.2, 0.25) is 5.91 Å². The van der Waals surface area contributed by atoms with Crippen LogP contribution in [0.1, 0.15) is 67.2 Å². The largest absolute Gasteiger partial charge is 0.464 e. The average molecular weight is 442 g/mol. The number of hydrogen-bond donors (Lipinski definition) is 1. The minimum Gasteiger partial charge on any atom is -0.464 e. The standard InChI is InChI=1S/C27H39NO4/c1-7-32-26(31)24-17-22(29)18-28(24)25(30)16-20(3)11-8-10-19(2)13-14-23-21(4)12-9-15-27(23,5)6/h8,10-11,13-14,16,22,24,29H,7,9,12,15,17-18H2,1-6H3/b11-8+,14-13+,19-10+,20-16+. The van der Waals surface area contributed by atoms with Crippen molar-refractivity contribution in [2.45, 2.75) is 79.4 Å². The van der Waals surface area contributed by atoms with Crippen molar-refractivity contribution in [3.8, 4) is 0 Å². The molecule has 5 heteroatoms. The van der Waals surface area contributed by atoms with Crippen LogP contribution in [0.15, 0.2) is 58.7 Å². The van der Waals surface area contributed by atoms with Crippen molar-refractivity contribution in [1.29, 1.82) is 0 Å². The van der Waals surface area contributed by atoms with Crippen molar-refractivity contribution in [1.82, 2.24) is 4.90 Å². The van der Waals surface area contributed by atoms with Crippen molar-refractivity contribution < 1.29 is 19.4 Å². The number of likely N-dealkylation sites (tertiary alicyclic amines) is 1. The number of amides is 1. The van der Waals surface area contributed by atoms with Crippen LogP contribution in [0.2, 0.25) is 0 Å². The lowest BCUT2D eigenvalue weighted by Gasteiger charge is -2.32. The molecule has 1 heterocycles. The number of carbonyl (C=O) groups is 2. The number of aliphatic hydroxyl groups excluding tert-OH is 1. The number of β-amino-alcohol motifs (C(OH)–C–C–N with tert-alkyl or cyclic N) is 1. The highest BCUT2D eigenvalue weighted by Gasteiger charge is 2.39. The van der Waals surface area contributed by atoms with Gasteiger partial charge in [0.1, 0.15) is 6.04 Å². The van der Waals surface area contributed by atoms with Gasteiger partial charge in [-0.3, -0.25) is 4.79 Å². The van der Waals surface area contributed by atoms with Gasteiger partial charge in [0.25, 0.3) is 0 Å². The van der Waals surface area contributed by atoms with Crippen molar-refractivity contribution in [3.63, 3.8) is 0 Å². The third-order valence-electron chi connectivity index (χ3n) is 6.25. The normalized spacial score (nSPS) is 24.7. The first kappa shape index (κ1) is 25.9. The molecule has 2 rings (SSSR count). The molecule has 0 aromatic rings. The third kappa shape index (κ3) is 7.06. The first-order chi connectivity index (χ1) is 15.0. The maximum Gasteiger partial charge on any atom is 0.328 e. The molecule has 1 N–H and O–H groups in total. The van der Waals surface area contributed by atoms with Crippen LogP contribution in [0, 0.1) is 5.41 Å². The first-order valence-electron chi connectivity index (χ1n) is 11.6. The lowest BCUT2D eigenvalue weighted by Crippen LogP contribution is -2.40. The number of rotatable bonds is 7. The van der Waals surface area contributed by atoms with Gasteiger partial charge in [0, 0.05) is 19.0 Å². The molecule has 2 unspecified atom stereocenters. The molecular formula is C27H39NO4. The highest BCUT2D eigenvalue weighted by atomic mass is 16.5. The minimum absolute atomic E-state index is 0.144. The van der Waals surface area contributed by atoms with E-state index in [0.29, 0.717) is 0 Å². The van der Waals surface area contributed by atoms with E-state index in [9.17, 15) is 14.7 Å². The van der Waals surface area contributed by atoms with E-state index in [-0.39, 0.29) is 30.9 Å². The van der Waals surface area contributed by atoms with Gasteiger partial charge in [-0.2, -0.15) is 0 Å². The third-order valence-corrected chi connectivity index (χ3v) is 6.25. The maximum absolute atomic E-state index is 12.7. The van der Waals surface area contributed by atoms with Crippen molar-refractivity contribution in [2.75, 3.05) is 13.2 Å². The van der Waals surface area contributed by atoms with Gasteiger partial charge in [0.15, 0.2) is 0 Å². The smallest absolute Gasteiger partial charge is 0.328 e. The fourth-order valence-electron chi connectivity index (χ4n) is 4.48. The Balaban J connectivity index is 2.02. The molecule has 1 saturated heterocycles. The zero-order valence-electron chi connectivity index (χ0n) is 20.5. The van der Waals surface area contributed by atoms with Gasteiger partial charge in [-0.25, -0.2) is 4.79 Å². The molecule has 5 nitrogen and oxygen atoms in total. The summed E-state index contributed by atoms with van der Waals surface area (Å²) in [4.78, 5) is 26.1. The van der Waals surface area contributed by atoms with Crippen LogP contribution in [0.3, 0.4) is 0 Å². The van der Waals surface area contributed by atoms with E-state index in [4.69, 9.17) is 4.74 Å². The second kappa shape index (κ2) is 11.5. The molecule has 32 heavy (non-hydrogen) atoms. The number of carbonyl (C=O) groups excluding carboxylic acids is 2. The van der Waals surface area contributed by atoms with E-state index in [1.807, 2.05) is 25.2 Å². The summed E-state index contributed by atoms with van der Waals surface area (Å²) in [6, 6.07) is -0.723. The Bertz CT molecular complexity index is 857. The lowest BCUT2D eigenvalue weighted by atomic mass is 9.72. The van der Waals surface area contributed by atoms with Crippen molar-refractivity contribution in [2.24, 2.45) is 5.41 Å². The molecule has 1 amide bonds. The number of esters is 1. The highest BCUT2D eigenvalue weighted by molar-refractivity contribution is 5.93. The molecular weight excluding hydrogens is 402 g/mol. The predicted octanol–water partition coefficient (Wildman–Crippen LogP) is 5.04. The Morgan fingerprint density at radius 2 is 1.94 bits per heavy atom. The number of nitrogens with zero attached hydrogens (tertiary/aromatic N) is 1. The minimum atomic E-state index is -0.723. The monoisotopic (exact) mass is 441 g/mol. The van der Waals surface area contributed by atoms with Gasteiger partial charge in [-0.05, 0) is 63.5 Å². The second-order valence-electron chi connectivity index (χ2n) is 9.57. The zero-order valence-corrected chi connectivity index (χ0v) is 20.5. The molecule has 0 radical (unpaired) electrons. The topological polar surface area (TPSA) is 66.8 Å². The molecule has 0 spiro atoms. The SMILES string of the molecule is CCOC(=O)C1CC(O)CN1C(=O)/C=C(C)/C=C/C=C(C)/C=C/C1=C(C)CCCC1(C)C. The molecule has 2 aliphatic rings. The van der Waals surface area contributed by atoms with Crippen molar-refractivity contribution in [3.05, 3.63) is 58.7 Å². The van der Waals surface area contributed by atoms with E-state index >= 15 is 0 Å². The molecule has 0 bridgehead atoms. The summed E-state index contributed by atoms with van der Waals surface area (Å²) < 4.78 is 5.04. The summed E-state index contributed by atoms with van der Waals surface area (Å²) >= 11 is 0. The molecule has 1 aliphatic heterocycles. The number of allylic oxidation sites excluding steroid dienone is 9. The van der Waals surface area contributed by atoms with Gasteiger partial charge in [-0.1, -0.05) is 55.4 Å². The van der Waals surface area contributed by atoms with Gasteiger partial charge in [-0.15, -0.1) is 0 Å². The quantitative estimate of drug-likeness (QED) is 0.341. The molecule has 1 fully saturated rings. The molecule has 0 aromatic carbocycles. The van der Waals surface area contributed by atoms with E-state index < -0.39 is 18.1 Å². The second-order valence-corrected chi connectivity index (χ2v) is 9.57. The highest BCUT2D eigenvalue weighted by Crippen LogP contribution is 2.40. The Morgan fingerprint density at radius 1 is 1.22 bits per heavy atom. The Kier molecular flexibility index (Phi) is 9.26. The van der Waals surface area contributed by atoms with E-state index in [1.165, 1.54) is 41.4 Å². The lowest BCUT2D eigenvalue weighted by molar-refractivity contribution is -0.151. The van der Waals surface area contributed by atoms with E-state index in [2.05, 4.69) is 39.8 Å². The van der Waals surface area contributed by atoms with Crippen LogP contribution < -0.4 is 0 Å². The summed E-state index contributed by atoms with van der Waals surface area (Å²) in [5, 5.41) is 9.91. The van der Waals surface area contributed by atoms with Crippen LogP contribution in [0.4, 0.5) is 0 Å². The summed E-state index contributed by atoms with van der Waals surface area (Å²) in [5.74, 6) is -0.750. The fourth-order valence-corrected chi connectivity index (χ4v) is 4.48. The van der Waals surface area contributed by atoms with Crippen LogP contribution in [0.5, 0.6) is 0 Å². The Hall–Kier alpha value is -2.40. The number of hydrogen-bond acceptors (Lipinski definition) is 4. The summed E-state index contributed by atoms with van der Waals surface area (Å²) in [7, 11) is 0. The molecule has 2 atom stereocenters. The summed E-state index contributed by atoms with van der Waals surface area (Å²) in [5.41, 5.74) is 5.04. The summed E-state index contributed by atoms with van der Waals surface area (Å²) in [6.45, 7) is 12.9. The molecule has 0 saturated carbocycles.